The van der Waals surface area contributed by atoms with E-state index in [1.807, 2.05) is 0 Å². The van der Waals surface area contributed by atoms with Crippen LogP contribution in [0.15, 0.2) is 16.9 Å². The monoisotopic (exact) mass is 186 g/mol. The minimum absolute atomic E-state index is 0.0476. The first kappa shape index (κ1) is 7.78. The van der Waals surface area contributed by atoms with E-state index >= 15 is 0 Å². The van der Waals surface area contributed by atoms with E-state index in [1.165, 1.54) is 6.07 Å². The van der Waals surface area contributed by atoms with E-state index < -0.39 is 22.8 Å². The summed E-state index contributed by atoms with van der Waals surface area (Å²) in [5.41, 5.74) is -1.48. The third-order valence-corrected chi connectivity index (χ3v) is 1.72. The first-order valence-electron chi connectivity index (χ1n) is 3.39. The van der Waals surface area contributed by atoms with Gasteiger partial charge in [0.2, 0.25) is 0 Å². The van der Waals surface area contributed by atoms with E-state index in [0.717, 1.165) is 6.07 Å². The third-order valence-electron chi connectivity index (χ3n) is 1.72. The Morgan fingerprint density at radius 3 is 2.85 bits per heavy atom. The molecule has 0 radical (unpaired) electrons. The molecule has 2 N–H and O–H groups in total. The quantitative estimate of drug-likeness (QED) is 0.642. The number of hydrogen-bond donors (Lipinski definition) is 2. The zero-order valence-electron chi connectivity index (χ0n) is 6.21. The summed E-state index contributed by atoms with van der Waals surface area (Å²) in [6.45, 7) is 0. The van der Waals surface area contributed by atoms with Crippen molar-refractivity contribution in [2.45, 2.75) is 0 Å². The lowest BCUT2D eigenvalue weighted by Gasteiger charge is -1.95. The number of fused-ring (bicyclic) bond motifs is 1. The molecule has 4 nitrogen and oxygen atoms in total. The second kappa shape index (κ2) is 2.32. The van der Waals surface area contributed by atoms with Crippen LogP contribution in [0.25, 0.3) is 11.0 Å². The Hall–Kier alpha value is -1.85. The number of hydrogen-bond acceptors (Lipinski definition) is 2. The molecule has 0 saturated heterocycles. The fourth-order valence-corrected chi connectivity index (χ4v) is 1.12. The van der Waals surface area contributed by atoms with Crippen molar-refractivity contribution in [2.75, 3.05) is 0 Å². The highest BCUT2D eigenvalue weighted by Crippen LogP contribution is 2.25. The molecule has 0 amide bonds. The van der Waals surface area contributed by atoms with Crippen molar-refractivity contribution in [3.8, 4) is 5.75 Å². The zero-order valence-corrected chi connectivity index (χ0v) is 6.21. The van der Waals surface area contributed by atoms with E-state index in [4.69, 9.17) is 5.11 Å². The highest BCUT2D eigenvalue weighted by molar-refractivity contribution is 5.81. The number of aromatic amines is 1. The van der Waals surface area contributed by atoms with Gasteiger partial charge in [0, 0.05) is 0 Å². The van der Waals surface area contributed by atoms with Crippen molar-refractivity contribution in [2.24, 2.45) is 0 Å². The van der Waals surface area contributed by atoms with Crippen LogP contribution in [0.1, 0.15) is 0 Å². The van der Waals surface area contributed by atoms with Gasteiger partial charge in [-0.3, -0.25) is 0 Å². The molecule has 1 heterocycles. The van der Waals surface area contributed by atoms with Crippen molar-refractivity contribution >= 4 is 11.0 Å². The molecule has 0 saturated carbocycles. The Morgan fingerprint density at radius 1 is 1.46 bits per heavy atom. The number of H-pyrrole nitrogens is 1. The van der Waals surface area contributed by atoms with E-state index in [0.29, 0.717) is 0 Å². The number of phenols is 1. The minimum Gasteiger partial charge on any atom is -0.503 e. The summed E-state index contributed by atoms with van der Waals surface area (Å²) in [6.07, 6.45) is 0. The normalized spacial score (nSPS) is 10.9. The van der Waals surface area contributed by atoms with Crippen LogP contribution >= 0.6 is 0 Å². The highest BCUT2D eigenvalue weighted by Gasteiger charge is 2.13. The van der Waals surface area contributed by atoms with Crippen LogP contribution < -0.4 is 5.69 Å². The lowest BCUT2D eigenvalue weighted by atomic mass is 10.3. The molecule has 0 bridgehead atoms. The van der Waals surface area contributed by atoms with Crippen LogP contribution in [0.5, 0.6) is 5.75 Å². The van der Waals surface area contributed by atoms with Crippen LogP contribution in [0, 0.1) is 5.82 Å². The second-order valence-corrected chi connectivity index (χ2v) is 2.50. The first-order chi connectivity index (χ1) is 6.11. The molecule has 0 aliphatic rings. The molecule has 0 aliphatic carbocycles. The average molecular weight is 186 g/mol. The zero-order chi connectivity index (χ0) is 9.59. The number of rotatable bonds is 0. The molecule has 2 aromatic rings. The summed E-state index contributed by atoms with van der Waals surface area (Å²) < 4.78 is 25.5. The molecule has 0 spiro atoms. The maximum absolute atomic E-state index is 12.8. The summed E-state index contributed by atoms with van der Waals surface area (Å²) in [6, 6.07) is 2.11. The van der Waals surface area contributed by atoms with Crippen molar-refractivity contribution in [1.82, 2.24) is 9.77 Å². The van der Waals surface area contributed by atoms with Gasteiger partial charge in [-0.2, -0.15) is 0 Å². The van der Waals surface area contributed by atoms with Crippen molar-refractivity contribution in [1.29, 1.82) is 0 Å². The number of imidazole rings is 1. The van der Waals surface area contributed by atoms with E-state index in [9.17, 15) is 13.7 Å². The number of aromatic hydroxyl groups is 1. The SMILES string of the molecule is O=c1[nH]c2ccc(F)c(O)c2n1F. The predicted molar refractivity (Wildman–Crippen MR) is 40.7 cm³/mol. The Balaban J connectivity index is 3.05. The van der Waals surface area contributed by atoms with Gasteiger partial charge in [0.05, 0.1) is 5.52 Å². The molecular weight excluding hydrogens is 182 g/mol. The standard InChI is InChI=1S/C7H4F2N2O2/c8-3-1-2-4-5(6(3)12)11(9)7(13)10-4/h1-2,12H,(H,10,13). The molecular formula is C7H4F2N2O2. The van der Waals surface area contributed by atoms with E-state index in [2.05, 4.69) is 4.98 Å². The third kappa shape index (κ3) is 0.915. The summed E-state index contributed by atoms with van der Waals surface area (Å²) in [7, 11) is 0. The fraction of sp³-hybridized carbons (Fsp3) is 0. The molecule has 2 rings (SSSR count). The van der Waals surface area contributed by atoms with Crippen LogP contribution in [0.3, 0.4) is 0 Å². The lowest BCUT2D eigenvalue weighted by molar-refractivity contribution is 0.359. The molecule has 13 heavy (non-hydrogen) atoms. The number of phenolic OH excluding ortho intramolecular Hbond substituents is 1. The van der Waals surface area contributed by atoms with Gasteiger partial charge in [0.25, 0.3) is 0 Å². The van der Waals surface area contributed by atoms with Gasteiger partial charge in [-0.05, 0) is 12.1 Å². The number of aromatic nitrogens is 2. The number of nitrogens with zero attached hydrogens (tertiary/aromatic N) is 1. The van der Waals surface area contributed by atoms with Gasteiger partial charge in [0.15, 0.2) is 11.6 Å². The Labute approximate surface area is 70.0 Å². The summed E-state index contributed by atoms with van der Waals surface area (Å²) in [5.74, 6) is -1.85. The van der Waals surface area contributed by atoms with Crippen LogP contribution in [-0.4, -0.2) is 14.9 Å². The van der Waals surface area contributed by atoms with E-state index in [-0.39, 0.29) is 10.3 Å². The molecule has 0 fully saturated rings. The second-order valence-electron chi connectivity index (χ2n) is 2.50. The van der Waals surface area contributed by atoms with Gasteiger partial charge in [-0.1, -0.05) is 4.48 Å². The number of nitrogens with one attached hydrogen (secondary N) is 1. The van der Waals surface area contributed by atoms with Crippen molar-refractivity contribution < 1.29 is 14.0 Å². The fourth-order valence-electron chi connectivity index (χ4n) is 1.12. The molecule has 1 aromatic carbocycles. The lowest BCUT2D eigenvalue weighted by Crippen LogP contribution is -2.08. The average Bonchev–Trinajstić information content (AvgIpc) is 2.37. The Kier molecular flexibility index (Phi) is 1.39. The molecule has 6 heteroatoms. The van der Waals surface area contributed by atoms with Gasteiger partial charge in [-0.15, -0.1) is 4.79 Å². The Morgan fingerprint density at radius 2 is 2.15 bits per heavy atom. The van der Waals surface area contributed by atoms with Gasteiger partial charge >= 0.3 is 5.69 Å². The summed E-state index contributed by atoms with van der Waals surface area (Å²) in [5, 5.41) is 9.06. The largest absolute Gasteiger partial charge is 0.503 e. The van der Waals surface area contributed by atoms with Crippen molar-refractivity contribution in [3.05, 3.63) is 28.4 Å². The van der Waals surface area contributed by atoms with Gasteiger partial charge < -0.3 is 10.1 Å². The summed E-state index contributed by atoms with van der Waals surface area (Å²) >= 11 is 0. The van der Waals surface area contributed by atoms with Crippen LogP contribution in [0.2, 0.25) is 0 Å². The highest BCUT2D eigenvalue weighted by atomic mass is 19.2. The number of halogens is 2. The van der Waals surface area contributed by atoms with Gasteiger partial charge in [0.1, 0.15) is 5.52 Å². The predicted octanol–water partition coefficient (Wildman–Crippen LogP) is 0.907. The van der Waals surface area contributed by atoms with Crippen LogP contribution in [0.4, 0.5) is 8.87 Å². The summed E-state index contributed by atoms with van der Waals surface area (Å²) in [4.78, 5) is 12.5. The molecule has 0 aliphatic heterocycles. The Bertz CT molecular complexity index is 529. The molecule has 68 valence electrons. The van der Waals surface area contributed by atoms with Crippen LogP contribution in [-0.2, 0) is 0 Å². The first-order valence-corrected chi connectivity index (χ1v) is 3.39. The van der Waals surface area contributed by atoms with Gasteiger partial charge in [-0.25, -0.2) is 9.18 Å². The minimum atomic E-state index is -1.05. The molecule has 1 aromatic heterocycles. The molecule has 0 atom stereocenters. The van der Waals surface area contributed by atoms with E-state index in [1.54, 1.807) is 0 Å². The number of benzene rings is 1. The maximum atomic E-state index is 12.8. The topological polar surface area (TPSA) is 58.0 Å². The smallest absolute Gasteiger partial charge is 0.355 e. The van der Waals surface area contributed by atoms with Crippen molar-refractivity contribution in [3.63, 3.8) is 0 Å². The molecule has 0 unspecified atom stereocenters. The maximum Gasteiger partial charge on any atom is 0.355 e.